The lowest BCUT2D eigenvalue weighted by atomic mass is 9.81. The van der Waals surface area contributed by atoms with Crippen molar-refractivity contribution in [3.63, 3.8) is 0 Å². The highest BCUT2D eigenvalue weighted by atomic mass is 32.2. The molecule has 0 saturated carbocycles. The van der Waals surface area contributed by atoms with Crippen molar-refractivity contribution in [3.8, 4) is 0 Å². The molecule has 0 aromatic heterocycles. The molecule has 0 saturated heterocycles. The Morgan fingerprint density at radius 2 is 1.40 bits per heavy atom. The van der Waals surface area contributed by atoms with Crippen molar-refractivity contribution in [2.75, 3.05) is 19.0 Å². The second-order valence-corrected chi connectivity index (χ2v) is 15.4. The number of fused-ring (bicyclic) bond motifs is 3. The molecular formula is C41H41N3O5S. The van der Waals surface area contributed by atoms with E-state index in [1.807, 2.05) is 13.0 Å². The van der Waals surface area contributed by atoms with Gasteiger partial charge in [-0.25, -0.2) is 8.42 Å². The van der Waals surface area contributed by atoms with Crippen molar-refractivity contribution >= 4 is 39.0 Å². The first-order chi connectivity index (χ1) is 23.5. The highest BCUT2D eigenvalue weighted by molar-refractivity contribution is 7.85. The second-order valence-electron chi connectivity index (χ2n) is 14.0. The van der Waals surface area contributed by atoms with Crippen LogP contribution in [0, 0.1) is 6.92 Å². The first-order valence-electron chi connectivity index (χ1n) is 16.5. The van der Waals surface area contributed by atoms with Gasteiger partial charge < -0.3 is 9.45 Å². The molecule has 0 atom stereocenters. The summed E-state index contributed by atoms with van der Waals surface area (Å²) in [5.41, 5.74) is 9.93. The number of carbonyl (C=O) groups excluding carboxylic acids is 2. The Balaban J connectivity index is 0.000000336. The summed E-state index contributed by atoms with van der Waals surface area (Å²) in [5, 5.41) is 0. The maximum atomic E-state index is 12.9. The first kappa shape index (κ1) is 34.7. The average Bonchev–Trinajstić information content (AvgIpc) is 3.52. The standard InChI is InChI=1S/C34H34N3O2.C7H8O3S/c1-33(2)25-14-9-10-15-27(25)35(5)29(33)16-11-17-30-34(3,4)26-20-22(18-19-28(26)36(30)6)21-37-31(38)23-12-7-8-13-24(23)32(37)39;1-6-2-4-7(5-3-6)11(8,9)10/h7-20H,21H2,1-6H3;2-5H,1H3,(H,8,9,10)/q+1;/p-1. The molecule has 0 spiro atoms. The van der Waals surface area contributed by atoms with Crippen molar-refractivity contribution in [1.29, 1.82) is 0 Å². The van der Waals surface area contributed by atoms with E-state index >= 15 is 0 Å². The second kappa shape index (κ2) is 12.6. The minimum Gasteiger partial charge on any atom is -0.744 e. The van der Waals surface area contributed by atoms with Gasteiger partial charge >= 0.3 is 0 Å². The fourth-order valence-corrected chi connectivity index (χ4v) is 7.75. The summed E-state index contributed by atoms with van der Waals surface area (Å²) in [6.07, 6.45) is 6.61. The molecule has 0 aliphatic carbocycles. The van der Waals surface area contributed by atoms with E-state index in [0.29, 0.717) is 11.1 Å². The Kier molecular flexibility index (Phi) is 8.78. The lowest BCUT2D eigenvalue weighted by molar-refractivity contribution is -0.401. The zero-order chi connectivity index (χ0) is 36.2. The van der Waals surface area contributed by atoms with Crippen LogP contribution in [0.5, 0.6) is 0 Å². The number of hydrogen-bond acceptors (Lipinski definition) is 6. The number of allylic oxidation sites excluding steroid dienone is 4. The molecule has 7 rings (SSSR count). The minimum atomic E-state index is -4.27. The zero-order valence-electron chi connectivity index (χ0n) is 29.4. The third-order valence-electron chi connectivity index (χ3n) is 10.1. The monoisotopic (exact) mass is 687 g/mol. The Morgan fingerprint density at radius 3 is 2.00 bits per heavy atom. The smallest absolute Gasteiger partial charge is 0.261 e. The van der Waals surface area contributed by atoms with Crippen LogP contribution in [0.3, 0.4) is 0 Å². The van der Waals surface area contributed by atoms with Crippen LogP contribution in [-0.4, -0.2) is 54.1 Å². The average molecular weight is 688 g/mol. The molecule has 9 heteroatoms. The van der Waals surface area contributed by atoms with Crippen LogP contribution in [0.25, 0.3) is 0 Å². The fraction of sp³-hybridized carbons (Fsp3) is 0.244. The summed E-state index contributed by atoms with van der Waals surface area (Å²) < 4.78 is 33.5. The van der Waals surface area contributed by atoms with E-state index in [-0.39, 0.29) is 34.1 Å². The number of hydrogen-bond donors (Lipinski definition) is 0. The van der Waals surface area contributed by atoms with Crippen molar-refractivity contribution in [2.24, 2.45) is 0 Å². The summed E-state index contributed by atoms with van der Waals surface area (Å²) in [4.78, 5) is 29.3. The van der Waals surface area contributed by atoms with Gasteiger partial charge in [0.15, 0.2) is 5.71 Å². The van der Waals surface area contributed by atoms with E-state index in [0.717, 1.165) is 16.8 Å². The normalized spacial score (nSPS) is 18.0. The highest BCUT2D eigenvalue weighted by Gasteiger charge is 2.43. The number of likely N-dealkylation sites (N-methyl/N-ethyl adjacent to an activating group) is 1. The number of anilines is 1. The largest absolute Gasteiger partial charge is 0.744 e. The van der Waals surface area contributed by atoms with E-state index in [1.54, 1.807) is 36.4 Å². The molecule has 8 nitrogen and oxygen atoms in total. The Morgan fingerprint density at radius 1 is 0.800 bits per heavy atom. The highest BCUT2D eigenvalue weighted by Crippen LogP contribution is 2.47. The predicted molar refractivity (Wildman–Crippen MR) is 195 cm³/mol. The molecule has 0 radical (unpaired) electrons. The lowest BCUT2D eigenvalue weighted by Gasteiger charge is -2.24. The van der Waals surface area contributed by atoms with Gasteiger partial charge in [-0.2, -0.15) is 4.58 Å². The summed E-state index contributed by atoms with van der Waals surface area (Å²) >= 11 is 0. The van der Waals surface area contributed by atoms with Gasteiger partial charge in [-0.05, 0) is 68.3 Å². The Hall–Kier alpha value is -5.12. The lowest BCUT2D eigenvalue weighted by Crippen LogP contribution is -2.29. The molecule has 4 aromatic carbocycles. The molecule has 3 aliphatic heterocycles. The number of carbonyl (C=O) groups is 2. The Labute approximate surface area is 294 Å². The number of imide groups is 1. The van der Waals surface area contributed by atoms with Gasteiger partial charge in [-0.15, -0.1) is 0 Å². The molecule has 2 amide bonds. The van der Waals surface area contributed by atoms with E-state index < -0.39 is 10.1 Å². The van der Waals surface area contributed by atoms with E-state index in [9.17, 15) is 22.6 Å². The Bertz CT molecular complexity index is 2210. The molecular weight excluding hydrogens is 647 g/mol. The van der Waals surface area contributed by atoms with Gasteiger partial charge in [-0.1, -0.05) is 80.1 Å². The van der Waals surface area contributed by atoms with E-state index in [4.69, 9.17) is 0 Å². The molecule has 4 aromatic rings. The number of amides is 2. The molecule has 0 fully saturated rings. The quantitative estimate of drug-likeness (QED) is 0.124. The molecule has 3 aliphatic rings. The predicted octanol–water partition coefficient (Wildman–Crippen LogP) is 7.26. The van der Waals surface area contributed by atoms with Crippen LogP contribution < -0.4 is 4.90 Å². The van der Waals surface area contributed by atoms with E-state index in [1.165, 1.54) is 45.3 Å². The molecule has 0 N–H and O–H groups in total. The molecule has 3 heterocycles. The van der Waals surface area contributed by atoms with Crippen LogP contribution in [0.1, 0.15) is 70.7 Å². The summed E-state index contributed by atoms with van der Waals surface area (Å²) in [7, 11) is -0.0300. The van der Waals surface area contributed by atoms with Gasteiger partial charge in [0.05, 0.1) is 28.0 Å². The number of para-hydroxylation sites is 1. The van der Waals surface area contributed by atoms with Crippen LogP contribution in [0.15, 0.2) is 120 Å². The van der Waals surface area contributed by atoms with Crippen molar-refractivity contribution in [1.82, 2.24) is 4.90 Å². The van der Waals surface area contributed by atoms with E-state index in [2.05, 4.69) is 106 Å². The van der Waals surface area contributed by atoms with Crippen LogP contribution >= 0.6 is 0 Å². The van der Waals surface area contributed by atoms with Gasteiger partial charge in [-0.3, -0.25) is 14.5 Å². The number of rotatable bonds is 5. The minimum absolute atomic E-state index is 0.0700. The van der Waals surface area contributed by atoms with Gasteiger partial charge in [0.1, 0.15) is 17.2 Å². The number of benzene rings is 4. The van der Waals surface area contributed by atoms with Crippen LogP contribution in [0.2, 0.25) is 0 Å². The SMILES string of the molecule is CN1C(=CC=CC2=[N+](C)c3ccccc3C2(C)C)C(C)(C)c2cc(CN3C(=O)c4ccccc4C3=O)ccc21.Cc1ccc(S(=O)(=O)[O-])cc1. The summed E-state index contributed by atoms with van der Waals surface area (Å²) in [6.45, 7) is 11.1. The summed E-state index contributed by atoms with van der Waals surface area (Å²) in [6, 6.07) is 27.7. The number of aryl methyl sites for hydroxylation is 1. The molecule has 0 bridgehead atoms. The summed E-state index contributed by atoms with van der Waals surface area (Å²) in [5.74, 6) is -0.449. The maximum absolute atomic E-state index is 12.9. The third-order valence-corrected chi connectivity index (χ3v) is 10.9. The van der Waals surface area contributed by atoms with Crippen LogP contribution in [-0.2, 0) is 27.5 Å². The first-order valence-corrected chi connectivity index (χ1v) is 17.9. The maximum Gasteiger partial charge on any atom is 0.261 e. The van der Waals surface area contributed by atoms with Gasteiger partial charge in [0, 0.05) is 41.6 Å². The zero-order valence-corrected chi connectivity index (χ0v) is 30.2. The van der Waals surface area contributed by atoms with Crippen molar-refractivity contribution in [2.45, 2.75) is 56.9 Å². The van der Waals surface area contributed by atoms with Crippen LogP contribution in [0.4, 0.5) is 11.4 Å². The topological polar surface area (TPSA) is 101 Å². The van der Waals surface area contributed by atoms with Gasteiger partial charge in [0.25, 0.3) is 11.8 Å². The molecule has 256 valence electrons. The van der Waals surface area contributed by atoms with Crippen molar-refractivity contribution in [3.05, 3.63) is 148 Å². The van der Waals surface area contributed by atoms with Crippen molar-refractivity contribution < 1.29 is 27.1 Å². The third kappa shape index (κ3) is 6.01. The molecule has 50 heavy (non-hydrogen) atoms. The van der Waals surface area contributed by atoms with Gasteiger partial charge in [0.2, 0.25) is 5.69 Å². The molecule has 0 unspecified atom stereocenters. The fourth-order valence-electron chi connectivity index (χ4n) is 7.28. The number of nitrogens with zero attached hydrogens (tertiary/aromatic N) is 3.